The molecule has 0 amide bonds. The van der Waals surface area contributed by atoms with Gasteiger partial charge in [0.05, 0.1) is 18.7 Å². The molecule has 1 aliphatic rings. The number of methoxy groups -OCH3 is 1. The summed E-state index contributed by atoms with van der Waals surface area (Å²) in [6.07, 6.45) is 4.05. The van der Waals surface area contributed by atoms with Gasteiger partial charge in [0.25, 0.3) is 0 Å². The summed E-state index contributed by atoms with van der Waals surface area (Å²) in [4.78, 5) is 6.55. The Morgan fingerprint density at radius 1 is 1.11 bits per heavy atom. The maximum Gasteiger partial charge on any atom is 0.194 e. The molecule has 2 heterocycles. The van der Waals surface area contributed by atoms with Crippen LogP contribution in [0, 0.1) is 22.9 Å². The molecule has 1 aliphatic heterocycles. The van der Waals surface area contributed by atoms with E-state index >= 15 is 0 Å². The zero-order chi connectivity index (χ0) is 27.3. The highest BCUT2D eigenvalue weighted by Gasteiger charge is 2.34. The fourth-order valence-corrected chi connectivity index (χ4v) is 5.44. The zero-order valence-corrected chi connectivity index (χ0v) is 21.5. The molecule has 0 spiro atoms. The van der Waals surface area contributed by atoms with Crippen LogP contribution in [-0.2, 0) is 13.1 Å². The third-order valence-electron chi connectivity index (χ3n) is 7.86. The van der Waals surface area contributed by atoms with Crippen molar-refractivity contribution in [3.05, 3.63) is 70.7 Å². The van der Waals surface area contributed by atoms with Crippen LogP contribution in [0.25, 0.3) is 10.9 Å². The molecule has 1 atom stereocenters. The number of aliphatic hydroxyl groups excluding tert-OH is 2. The minimum Gasteiger partial charge on any atom is -0.497 e. The highest BCUT2D eigenvalue weighted by Crippen LogP contribution is 2.40. The van der Waals surface area contributed by atoms with E-state index in [9.17, 15) is 27.8 Å². The van der Waals surface area contributed by atoms with Gasteiger partial charge in [-0.2, -0.15) is 0 Å². The smallest absolute Gasteiger partial charge is 0.194 e. The largest absolute Gasteiger partial charge is 0.497 e. The molecule has 0 aliphatic carbocycles. The molecule has 1 fully saturated rings. The second-order valence-electron chi connectivity index (χ2n) is 10.2. The summed E-state index contributed by atoms with van der Waals surface area (Å²) in [7, 11) is 1.55. The number of benzene rings is 2. The van der Waals surface area contributed by atoms with Crippen LogP contribution in [0.1, 0.15) is 54.9 Å². The van der Waals surface area contributed by atoms with Crippen LogP contribution < -0.4 is 4.74 Å². The predicted octanol–water partition coefficient (Wildman–Crippen LogP) is 5.65. The van der Waals surface area contributed by atoms with Crippen LogP contribution in [0.15, 0.2) is 36.5 Å². The summed E-state index contributed by atoms with van der Waals surface area (Å²) in [6.45, 7) is 1.45. The van der Waals surface area contributed by atoms with Gasteiger partial charge in [-0.1, -0.05) is 0 Å². The Morgan fingerprint density at radius 2 is 1.82 bits per heavy atom. The number of rotatable bonds is 11. The predicted molar refractivity (Wildman–Crippen MR) is 137 cm³/mol. The normalized spacial score (nSPS) is 16.6. The van der Waals surface area contributed by atoms with Crippen LogP contribution in [0.2, 0.25) is 0 Å². The maximum atomic E-state index is 13.8. The number of alkyl halides is 1. The van der Waals surface area contributed by atoms with E-state index in [1.807, 2.05) is 0 Å². The number of ether oxygens (including phenoxy) is 1. The average molecular weight is 535 g/mol. The first-order valence-corrected chi connectivity index (χ1v) is 13.0. The molecule has 2 aromatic carbocycles. The molecule has 0 radical (unpaired) electrons. The number of aromatic nitrogens is 1. The van der Waals surface area contributed by atoms with E-state index in [0.717, 1.165) is 44.6 Å². The third-order valence-corrected chi connectivity index (χ3v) is 7.86. The molecule has 5 nitrogen and oxygen atoms in total. The van der Waals surface area contributed by atoms with Gasteiger partial charge in [-0.25, -0.2) is 17.6 Å². The van der Waals surface area contributed by atoms with Crippen LogP contribution in [0.5, 0.6) is 5.75 Å². The lowest BCUT2D eigenvalue weighted by molar-refractivity contribution is 0.0233. The van der Waals surface area contributed by atoms with Gasteiger partial charge in [0, 0.05) is 23.8 Å². The van der Waals surface area contributed by atoms with Crippen molar-refractivity contribution in [2.75, 3.05) is 33.4 Å². The molecular weight excluding hydrogens is 500 g/mol. The Hall–Kier alpha value is -2.75. The highest BCUT2D eigenvalue weighted by atomic mass is 19.2. The van der Waals surface area contributed by atoms with Crippen molar-refractivity contribution in [2.24, 2.45) is 5.41 Å². The lowest BCUT2D eigenvalue weighted by Crippen LogP contribution is -2.42. The first-order valence-electron chi connectivity index (χ1n) is 13.0. The first-order chi connectivity index (χ1) is 18.3. The van der Waals surface area contributed by atoms with Crippen molar-refractivity contribution in [3.63, 3.8) is 0 Å². The van der Waals surface area contributed by atoms with E-state index in [-0.39, 0.29) is 12.0 Å². The summed E-state index contributed by atoms with van der Waals surface area (Å²) < 4.78 is 59.2. The fraction of sp³-hybridized carbons (Fsp3) is 0.483. The van der Waals surface area contributed by atoms with E-state index in [1.54, 1.807) is 25.3 Å². The number of halogens is 4. The Balaban J connectivity index is 1.34. The van der Waals surface area contributed by atoms with Gasteiger partial charge in [-0.3, -0.25) is 4.98 Å². The molecule has 1 saturated heterocycles. The minimum absolute atomic E-state index is 0.0113. The van der Waals surface area contributed by atoms with Gasteiger partial charge >= 0.3 is 0 Å². The summed E-state index contributed by atoms with van der Waals surface area (Å²) >= 11 is 0. The standard InChI is InChI=1S/C29H34F4N2O3/c1-38-21-4-5-25-22(15-21)27(20(16-30)17-34-25)26(37)6-7-29(18-36)8-11-35(12-9-29)10-2-3-19-13-23(31)28(33)24(32)14-19/h4-5,13-15,17,26,36-37H,2-3,6-12,16,18H2,1H3/t26-/m1/s1. The van der Waals surface area contributed by atoms with Crippen molar-refractivity contribution < 1.29 is 32.5 Å². The van der Waals surface area contributed by atoms with Gasteiger partial charge in [-0.05, 0) is 105 Å². The summed E-state index contributed by atoms with van der Waals surface area (Å²) in [5.41, 5.74) is 1.57. The van der Waals surface area contributed by atoms with E-state index < -0.39 is 30.2 Å². The van der Waals surface area contributed by atoms with E-state index in [0.29, 0.717) is 59.0 Å². The number of aliphatic hydroxyl groups is 2. The summed E-state index contributed by atoms with van der Waals surface area (Å²) in [5, 5.41) is 22.1. The van der Waals surface area contributed by atoms with E-state index in [1.165, 1.54) is 6.20 Å². The third kappa shape index (κ3) is 6.27. The van der Waals surface area contributed by atoms with Gasteiger partial charge in [0.2, 0.25) is 0 Å². The number of aryl methyl sites for hydroxylation is 1. The monoisotopic (exact) mass is 534 g/mol. The maximum absolute atomic E-state index is 13.8. The van der Waals surface area contributed by atoms with E-state index in [4.69, 9.17) is 4.74 Å². The molecule has 3 aromatic rings. The average Bonchev–Trinajstić information content (AvgIpc) is 2.94. The SMILES string of the molecule is COc1ccc2ncc(CF)c([C@H](O)CCC3(CO)CCN(CCCc4cc(F)c(F)c(F)c4)CC3)c2c1. The second kappa shape index (κ2) is 12.4. The fourth-order valence-electron chi connectivity index (χ4n) is 5.44. The number of likely N-dealkylation sites (tertiary alicyclic amines) is 1. The Morgan fingerprint density at radius 3 is 2.45 bits per heavy atom. The van der Waals surface area contributed by atoms with Crippen LogP contribution in [0.4, 0.5) is 17.6 Å². The number of nitrogens with zero attached hydrogens (tertiary/aromatic N) is 2. The van der Waals surface area contributed by atoms with Crippen molar-refractivity contribution in [2.45, 2.75) is 51.3 Å². The summed E-state index contributed by atoms with van der Waals surface area (Å²) in [6, 6.07) is 7.38. The lowest BCUT2D eigenvalue weighted by Gasteiger charge is -2.41. The highest BCUT2D eigenvalue weighted by molar-refractivity contribution is 5.85. The Labute approximate surface area is 220 Å². The van der Waals surface area contributed by atoms with Crippen molar-refractivity contribution in [1.29, 1.82) is 0 Å². The molecule has 2 N–H and O–H groups in total. The van der Waals surface area contributed by atoms with Gasteiger partial charge in [0.1, 0.15) is 12.4 Å². The van der Waals surface area contributed by atoms with Crippen LogP contribution >= 0.6 is 0 Å². The van der Waals surface area contributed by atoms with Gasteiger partial charge in [-0.15, -0.1) is 0 Å². The topological polar surface area (TPSA) is 65.8 Å². The molecule has 0 unspecified atom stereocenters. The molecule has 0 bridgehead atoms. The summed E-state index contributed by atoms with van der Waals surface area (Å²) in [5.74, 6) is -3.21. The number of piperidine rings is 1. The second-order valence-corrected chi connectivity index (χ2v) is 10.2. The molecule has 4 rings (SSSR count). The Kier molecular flexibility index (Phi) is 9.23. The molecule has 0 saturated carbocycles. The van der Waals surface area contributed by atoms with Gasteiger partial charge < -0.3 is 19.8 Å². The molecule has 9 heteroatoms. The van der Waals surface area contributed by atoms with Gasteiger partial charge in [0.15, 0.2) is 17.5 Å². The van der Waals surface area contributed by atoms with Crippen molar-refractivity contribution in [1.82, 2.24) is 9.88 Å². The van der Waals surface area contributed by atoms with Crippen molar-refractivity contribution >= 4 is 10.9 Å². The van der Waals surface area contributed by atoms with Crippen molar-refractivity contribution in [3.8, 4) is 5.75 Å². The quantitative estimate of drug-likeness (QED) is 0.246. The van der Waals surface area contributed by atoms with Crippen LogP contribution in [-0.4, -0.2) is 53.4 Å². The lowest BCUT2D eigenvalue weighted by atomic mass is 9.74. The number of hydrogen-bond donors (Lipinski definition) is 2. The number of pyridine rings is 1. The molecular formula is C29H34F4N2O3. The number of hydrogen-bond acceptors (Lipinski definition) is 5. The molecule has 1 aromatic heterocycles. The van der Waals surface area contributed by atoms with Crippen LogP contribution in [0.3, 0.4) is 0 Å². The Bertz CT molecular complexity index is 1220. The zero-order valence-electron chi connectivity index (χ0n) is 21.5. The first kappa shape index (κ1) is 28.3. The molecule has 206 valence electrons. The minimum atomic E-state index is -1.45. The molecule has 38 heavy (non-hydrogen) atoms. The van der Waals surface area contributed by atoms with E-state index in [2.05, 4.69) is 9.88 Å². The number of fused-ring (bicyclic) bond motifs is 1.